The van der Waals surface area contributed by atoms with E-state index < -0.39 is 0 Å². The predicted octanol–water partition coefficient (Wildman–Crippen LogP) is 3.84. The molecule has 1 saturated carbocycles. The third-order valence-corrected chi connectivity index (χ3v) is 5.98. The molecule has 0 radical (unpaired) electrons. The molecule has 9 nitrogen and oxygen atoms in total. The molecule has 2 N–H and O–H groups in total. The Kier molecular flexibility index (Phi) is 5.37. The van der Waals surface area contributed by atoms with E-state index in [1.165, 1.54) is 19.3 Å². The van der Waals surface area contributed by atoms with Gasteiger partial charge in [0.15, 0.2) is 11.4 Å². The SMILES string of the molecule is Cl.c1cnc2oc3c(N4CCOCC4)nc(Nc4cc(CC5CCC5)n[nH]4)nc3c2c1. The number of hydrogen-bond donors (Lipinski definition) is 2. The smallest absolute Gasteiger partial charge is 0.231 e. The minimum absolute atomic E-state index is 0. The number of aromatic amines is 1. The molecule has 6 rings (SSSR count). The van der Waals surface area contributed by atoms with Gasteiger partial charge >= 0.3 is 0 Å². The molecule has 0 spiro atoms. The van der Waals surface area contributed by atoms with Crippen molar-refractivity contribution in [3.8, 4) is 0 Å². The van der Waals surface area contributed by atoms with Crippen LogP contribution in [-0.4, -0.2) is 51.5 Å². The van der Waals surface area contributed by atoms with Crippen molar-refractivity contribution >= 4 is 52.2 Å². The monoisotopic (exact) mass is 441 g/mol. The average molecular weight is 442 g/mol. The van der Waals surface area contributed by atoms with E-state index in [4.69, 9.17) is 19.1 Å². The second-order valence-corrected chi connectivity index (χ2v) is 8.01. The summed E-state index contributed by atoms with van der Waals surface area (Å²) in [6.07, 6.45) is 6.70. The largest absolute Gasteiger partial charge is 0.432 e. The third-order valence-electron chi connectivity index (χ3n) is 5.98. The highest BCUT2D eigenvalue weighted by Gasteiger charge is 2.23. The number of hydrogen-bond acceptors (Lipinski definition) is 8. The topological polar surface area (TPSA) is 105 Å². The third kappa shape index (κ3) is 3.79. The molecule has 31 heavy (non-hydrogen) atoms. The van der Waals surface area contributed by atoms with Crippen molar-refractivity contribution in [3.05, 3.63) is 30.1 Å². The molecular weight excluding hydrogens is 418 g/mol. The van der Waals surface area contributed by atoms with Gasteiger partial charge < -0.3 is 19.4 Å². The average Bonchev–Trinajstić information content (AvgIpc) is 3.35. The highest BCUT2D eigenvalue weighted by Crippen LogP contribution is 2.34. The first-order valence-electron chi connectivity index (χ1n) is 10.5. The number of rotatable bonds is 5. The van der Waals surface area contributed by atoms with Gasteiger partial charge in [-0.1, -0.05) is 19.3 Å². The van der Waals surface area contributed by atoms with Crippen LogP contribution in [0.5, 0.6) is 0 Å². The summed E-state index contributed by atoms with van der Waals surface area (Å²) >= 11 is 0. The maximum atomic E-state index is 6.04. The summed E-state index contributed by atoms with van der Waals surface area (Å²) < 4.78 is 11.6. The lowest BCUT2D eigenvalue weighted by Gasteiger charge is -2.27. The first kappa shape index (κ1) is 20.0. The number of aromatic nitrogens is 5. The van der Waals surface area contributed by atoms with Crippen LogP contribution in [0.15, 0.2) is 28.8 Å². The molecule has 0 amide bonds. The summed E-state index contributed by atoms with van der Waals surface area (Å²) in [4.78, 5) is 16.1. The van der Waals surface area contributed by atoms with Gasteiger partial charge in [0.05, 0.1) is 24.3 Å². The maximum absolute atomic E-state index is 6.04. The van der Waals surface area contributed by atoms with Gasteiger partial charge in [-0.25, -0.2) is 9.97 Å². The Morgan fingerprint density at radius 1 is 1.19 bits per heavy atom. The normalized spacial score (nSPS) is 17.0. The molecule has 2 fully saturated rings. The zero-order valence-corrected chi connectivity index (χ0v) is 17.8. The van der Waals surface area contributed by atoms with Gasteiger partial charge in [0.2, 0.25) is 11.7 Å². The molecule has 162 valence electrons. The summed E-state index contributed by atoms with van der Waals surface area (Å²) in [6, 6.07) is 5.92. The number of furan rings is 1. The molecule has 5 heterocycles. The van der Waals surface area contributed by atoms with Gasteiger partial charge in [-0.3, -0.25) is 5.10 Å². The molecule has 2 aliphatic rings. The lowest BCUT2D eigenvalue weighted by molar-refractivity contribution is 0.122. The van der Waals surface area contributed by atoms with Crippen molar-refractivity contribution in [2.24, 2.45) is 5.92 Å². The molecular formula is C21H24ClN7O2. The number of nitrogens with zero attached hydrogens (tertiary/aromatic N) is 5. The lowest BCUT2D eigenvalue weighted by atomic mass is 9.82. The van der Waals surface area contributed by atoms with Gasteiger partial charge in [0.25, 0.3) is 0 Å². The number of morpholine rings is 1. The fraction of sp³-hybridized carbons (Fsp3) is 0.429. The summed E-state index contributed by atoms with van der Waals surface area (Å²) in [6.45, 7) is 2.84. The number of halogens is 1. The zero-order chi connectivity index (χ0) is 19.9. The fourth-order valence-electron chi connectivity index (χ4n) is 4.15. The summed E-state index contributed by atoms with van der Waals surface area (Å²) in [7, 11) is 0. The van der Waals surface area contributed by atoms with Crippen LogP contribution in [0, 0.1) is 5.92 Å². The Bertz CT molecular complexity index is 1200. The van der Waals surface area contributed by atoms with Crippen molar-refractivity contribution in [2.45, 2.75) is 25.7 Å². The second kappa shape index (κ2) is 8.32. The van der Waals surface area contributed by atoms with E-state index >= 15 is 0 Å². The number of pyridine rings is 1. The van der Waals surface area contributed by atoms with Gasteiger partial charge in [0, 0.05) is 25.4 Å². The molecule has 4 aromatic rings. The predicted molar refractivity (Wildman–Crippen MR) is 120 cm³/mol. The number of fused-ring (bicyclic) bond motifs is 3. The van der Waals surface area contributed by atoms with Gasteiger partial charge in [0.1, 0.15) is 11.3 Å². The Balaban J connectivity index is 0.00000204. The second-order valence-electron chi connectivity index (χ2n) is 8.01. The Morgan fingerprint density at radius 2 is 2.06 bits per heavy atom. The van der Waals surface area contributed by atoms with Crippen LogP contribution in [0.1, 0.15) is 25.0 Å². The van der Waals surface area contributed by atoms with Crippen molar-refractivity contribution in [1.82, 2.24) is 25.1 Å². The van der Waals surface area contributed by atoms with Gasteiger partial charge in [-0.2, -0.15) is 10.1 Å². The fourth-order valence-corrected chi connectivity index (χ4v) is 4.15. The highest BCUT2D eigenvalue weighted by atomic mass is 35.5. The molecule has 1 aliphatic carbocycles. The molecule has 0 bridgehead atoms. The van der Waals surface area contributed by atoms with Crippen molar-refractivity contribution < 1.29 is 9.15 Å². The summed E-state index contributed by atoms with van der Waals surface area (Å²) in [5.41, 5.74) is 3.06. The van der Waals surface area contributed by atoms with E-state index in [9.17, 15) is 0 Å². The molecule has 0 atom stereocenters. The van der Waals surface area contributed by atoms with E-state index in [0.717, 1.165) is 53.7 Å². The number of anilines is 3. The standard InChI is InChI=1S/C21H23N7O2.ClH/c1-3-13(4-1)11-14-12-16(27-26-14)23-21-24-17-15-5-2-6-22-20(15)30-18(17)19(25-21)28-7-9-29-10-8-28;/h2,5-6,12-13H,1,3-4,7-11H2,(H2,23,24,25,26,27);1H. The van der Waals surface area contributed by atoms with E-state index in [2.05, 4.69) is 31.5 Å². The van der Waals surface area contributed by atoms with Crippen LogP contribution in [0.4, 0.5) is 17.6 Å². The summed E-state index contributed by atoms with van der Waals surface area (Å²) in [5.74, 6) is 2.83. The molecule has 4 aromatic heterocycles. The quantitative estimate of drug-likeness (QED) is 0.481. The van der Waals surface area contributed by atoms with E-state index in [1.54, 1.807) is 6.20 Å². The van der Waals surface area contributed by atoms with Crippen molar-refractivity contribution in [3.63, 3.8) is 0 Å². The Labute approximate surface area is 185 Å². The van der Waals surface area contributed by atoms with Crippen molar-refractivity contribution in [2.75, 3.05) is 36.5 Å². The Hall–Kier alpha value is -2.91. The minimum atomic E-state index is 0. The number of H-pyrrole nitrogens is 1. The van der Waals surface area contributed by atoms with Crippen LogP contribution >= 0.6 is 12.4 Å². The van der Waals surface area contributed by atoms with Gasteiger partial charge in [-0.15, -0.1) is 12.4 Å². The highest BCUT2D eigenvalue weighted by molar-refractivity contribution is 6.05. The molecule has 1 saturated heterocycles. The molecule has 0 unspecified atom stereocenters. The number of nitrogens with one attached hydrogen (secondary N) is 2. The van der Waals surface area contributed by atoms with E-state index in [0.29, 0.717) is 30.5 Å². The molecule has 1 aliphatic heterocycles. The first-order valence-corrected chi connectivity index (χ1v) is 10.5. The minimum Gasteiger partial charge on any atom is -0.432 e. The van der Waals surface area contributed by atoms with Crippen LogP contribution < -0.4 is 10.2 Å². The maximum Gasteiger partial charge on any atom is 0.231 e. The Morgan fingerprint density at radius 3 is 2.87 bits per heavy atom. The van der Waals surface area contributed by atoms with E-state index in [-0.39, 0.29) is 12.4 Å². The molecule has 10 heteroatoms. The first-order chi connectivity index (χ1) is 14.8. The van der Waals surface area contributed by atoms with Crippen LogP contribution in [0.25, 0.3) is 22.2 Å². The van der Waals surface area contributed by atoms with Crippen LogP contribution in [-0.2, 0) is 11.2 Å². The van der Waals surface area contributed by atoms with Crippen molar-refractivity contribution in [1.29, 1.82) is 0 Å². The van der Waals surface area contributed by atoms with Crippen LogP contribution in [0.2, 0.25) is 0 Å². The summed E-state index contributed by atoms with van der Waals surface area (Å²) in [5, 5.41) is 11.7. The van der Waals surface area contributed by atoms with E-state index in [1.807, 2.05) is 12.1 Å². The van der Waals surface area contributed by atoms with Gasteiger partial charge in [-0.05, 0) is 24.5 Å². The zero-order valence-electron chi connectivity index (χ0n) is 17.0. The lowest BCUT2D eigenvalue weighted by Crippen LogP contribution is -2.37. The molecule has 0 aromatic carbocycles. The van der Waals surface area contributed by atoms with Crippen LogP contribution in [0.3, 0.4) is 0 Å². The number of ether oxygens (including phenoxy) is 1.